The van der Waals surface area contributed by atoms with Crippen molar-refractivity contribution in [1.82, 2.24) is 0 Å². The van der Waals surface area contributed by atoms with Gasteiger partial charge in [-0.2, -0.15) is 0 Å². The number of halogens is 3. The molecule has 4 aromatic rings. The molecule has 0 fully saturated rings. The molecule has 1 aliphatic heterocycles. The van der Waals surface area contributed by atoms with Gasteiger partial charge in [0.15, 0.2) is 5.43 Å². The predicted molar refractivity (Wildman–Crippen MR) is 117 cm³/mol. The Bertz CT molecular complexity index is 1380. The molecule has 148 valence electrons. The van der Waals surface area contributed by atoms with Crippen LogP contribution in [0.5, 0.6) is 0 Å². The van der Waals surface area contributed by atoms with Gasteiger partial charge in [-0.15, -0.1) is 0 Å². The van der Waals surface area contributed by atoms with Gasteiger partial charge in [0.1, 0.15) is 11.4 Å². The fourth-order valence-corrected chi connectivity index (χ4v) is 4.27. The number of fused-ring (bicyclic) bond motifs is 2. The van der Waals surface area contributed by atoms with Crippen molar-refractivity contribution >= 4 is 50.1 Å². The quantitative estimate of drug-likeness (QED) is 0.345. The molecule has 0 spiro atoms. The number of rotatable bonds is 2. The highest BCUT2D eigenvalue weighted by molar-refractivity contribution is 9.10. The van der Waals surface area contributed by atoms with Crippen LogP contribution in [0.4, 0.5) is 10.1 Å². The van der Waals surface area contributed by atoms with Gasteiger partial charge in [0.25, 0.3) is 5.91 Å². The first-order valence-electron chi connectivity index (χ1n) is 9.05. The van der Waals surface area contributed by atoms with Crippen LogP contribution in [0, 0.1) is 5.82 Å². The SMILES string of the molecule is O=C1c2oc3ccc(F)cc3c(=O)c2C(c2cccc(Cl)c2)N1c1ccc(Br)cc1. The van der Waals surface area contributed by atoms with E-state index in [4.69, 9.17) is 16.0 Å². The van der Waals surface area contributed by atoms with Gasteiger partial charge < -0.3 is 4.42 Å². The number of benzene rings is 3. The molecule has 1 aromatic heterocycles. The fourth-order valence-electron chi connectivity index (χ4n) is 3.81. The zero-order valence-electron chi connectivity index (χ0n) is 15.2. The van der Waals surface area contributed by atoms with Crippen molar-refractivity contribution in [1.29, 1.82) is 0 Å². The molecule has 7 heteroatoms. The lowest BCUT2D eigenvalue weighted by atomic mass is 9.98. The third kappa shape index (κ3) is 2.95. The number of hydrogen-bond acceptors (Lipinski definition) is 3. The predicted octanol–water partition coefficient (Wildman–Crippen LogP) is 6.10. The van der Waals surface area contributed by atoms with Crippen LogP contribution in [0.15, 0.2) is 80.4 Å². The van der Waals surface area contributed by atoms with Crippen LogP contribution >= 0.6 is 27.5 Å². The van der Waals surface area contributed by atoms with Crippen molar-refractivity contribution in [2.75, 3.05) is 4.90 Å². The topological polar surface area (TPSA) is 50.5 Å². The monoisotopic (exact) mass is 483 g/mol. The summed E-state index contributed by atoms with van der Waals surface area (Å²) in [5.74, 6) is -1.05. The van der Waals surface area contributed by atoms with Crippen LogP contribution in [-0.2, 0) is 0 Å². The van der Waals surface area contributed by atoms with Gasteiger partial charge in [0, 0.05) is 15.2 Å². The third-order valence-electron chi connectivity index (χ3n) is 5.10. The molecule has 1 atom stereocenters. The fraction of sp³-hybridized carbons (Fsp3) is 0.0435. The van der Waals surface area contributed by atoms with Crippen LogP contribution in [0.2, 0.25) is 5.02 Å². The molecule has 5 rings (SSSR count). The maximum atomic E-state index is 13.8. The van der Waals surface area contributed by atoms with E-state index in [0.29, 0.717) is 16.3 Å². The van der Waals surface area contributed by atoms with E-state index >= 15 is 0 Å². The Morgan fingerprint density at radius 2 is 1.77 bits per heavy atom. The highest BCUT2D eigenvalue weighted by Crippen LogP contribution is 2.41. The molecule has 0 aliphatic carbocycles. The van der Waals surface area contributed by atoms with Crippen molar-refractivity contribution in [2.24, 2.45) is 0 Å². The van der Waals surface area contributed by atoms with Crippen LogP contribution in [-0.4, -0.2) is 5.91 Å². The summed E-state index contributed by atoms with van der Waals surface area (Å²) >= 11 is 9.59. The van der Waals surface area contributed by atoms with Crippen molar-refractivity contribution in [2.45, 2.75) is 6.04 Å². The molecule has 4 nitrogen and oxygen atoms in total. The Labute approximate surface area is 183 Å². The Balaban J connectivity index is 1.83. The highest BCUT2D eigenvalue weighted by Gasteiger charge is 2.43. The smallest absolute Gasteiger partial charge is 0.295 e. The first kappa shape index (κ1) is 19.0. The number of amides is 1. The van der Waals surface area contributed by atoms with E-state index in [0.717, 1.165) is 10.5 Å². The van der Waals surface area contributed by atoms with Crippen molar-refractivity contribution < 1.29 is 13.6 Å². The summed E-state index contributed by atoms with van der Waals surface area (Å²) in [4.78, 5) is 28.3. The maximum Gasteiger partial charge on any atom is 0.295 e. The van der Waals surface area contributed by atoms with Crippen molar-refractivity contribution in [3.63, 3.8) is 0 Å². The van der Waals surface area contributed by atoms with Gasteiger partial charge in [0.05, 0.1) is 17.0 Å². The molecular weight excluding hydrogens is 473 g/mol. The van der Waals surface area contributed by atoms with E-state index in [1.54, 1.807) is 36.4 Å². The Hall–Kier alpha value is -2.96. The summed E-state index contributed by atoms with van der Waals surface area (Å²) < 4.78 is 20.5. The van der Waals surface area contributed by atoms with Crippen LogP contribution < -0.4 is 10.3 Å². The van der Waals surface area contributed by atoms with E-state index in [1.807, 2.05) is 12.1 Å². The Morgan fingerprint density at radius 1 is 1.00 bits per heavy atom. The summed E-state index contributed by atoms with van der Waals surface area (Å²) in [6, 6.07) is 17.0. The van der Waals surface area contributed by atoms with Gasteiger partial charge in [0.2, 0.25) is 5.76 Å². The molecule has 0 saturated heterocycles. The van der Waals surface area contributed by atoms with Gasteiger partial charge in [-0.1, -0.05) is 39.7 Å². The maximum absolute atomic E-state index is 13.8. The van der Waals surface area contributed by atoms with Crippen LogP contribution in [0.3, 0.4) is 0 Å². The summed E-state index contributed by atoms with van der Waals surface area (Å²) in [5, 5.41) is 0.562. The lowest BCUT2D eigenvalue weighted by molar-refractivity contribution is 0.0971. The van der Waals surface area contributed by atoms with Crippen molar-refractivity contribution in [3.05, 3.63) is 109 Å². The van der Waals surface area contributed by atoms with E-state index < -0.39 is 23.2 Å². The lowest BCUT2D eigenvalue weighted by Crippen LogP contribution is -2.29. The summed E-state index contributed by atoms with van der Waals surface area (Å²) in [5.41, 5.74) is 1.14. The minimum absolute atomic E-state index is 0.0491. The average Bonchev–Trinajstić information content (AvgIpc) is 3.02. The van der Waals surface area contributed by atoms with E-state index in [1.165, 1.54) is 17.0 Å². The summed E-state index contributed by atoms with van der Waals surface area (Å²) in [6.45, 7) is 0. The zero-order valence-corrected chi connectivity index (χ0v) is 17.6. The standard InChI is InChI=1S/C23H12BrClFNO3/c24-13-4-7-16(8-5-13)27-20(12-2-1-3-14(25)10-12)19-21(28)17-11-15(26)6-9-18(17)30-22(19)23(27)29/h1-11,20H. The Kier molecular flexibility index (Phi) is 4.49. The molecule has 30 heavy (non-hydrogen) atoms. The van der Waals surface area contributed by atoms with Gasteiger partial charge in [-0.3, -0.25) is 14.5 Å². The van der Waals surface area contributed by atoms with Crippen molar-refractivity contribution in [3.8, 4) is 0 Å². The van der Waals surface area contributed by atoms with E-state index in [-0.39, 0.29) is 22.3 Å². The molecule has 0 N–H and O–H groups in total. The molecule has 0 bridgehead atoms. The molecular formula is C23H12BrClFNO3. The molecule has 0 saturated carbocycles. The molecule has 1 amide bonds. The number of hydrogen-bond donors (Lipinski definition) is 0. The first-order valence-corrected chi connectivity index (χ1v) is 10.2. The molecule has 1 aliphatic rings. The number of carbonyl (C=O) groups excluding carboxylic acids is 1. The second-order valence-electron chi connectivity index (χ2n) is 6.92. The molecule has 0 radical (unpaired) electrons. The van der Waals surface area contributed by atoms with E-state index in [9.17, 15) is 14.0 Å². The molecule has 3 aromatic carbocycles. The average molecular weight is 485 g/mol. The highest BCUT2D eigenvalue weighted by atomic mass is 79.9. The summed E-state index contributed by atoms with van der Waals surface area (Å²) in [6.07, 6.45) is 0. The summed E-state index contributed by atoms with van der Waals surface area (Å²) in [7, 11) is 0. The van der Waals surface area contributed by atoms with E-state index in [2.05, 4.69) is 15.9 Å². The zero-order chi connectivity index (χ0) is 21.0. The van der Waals surface area contributed by atoms with Gasteiger partial charge in [-0.05, 0) is 60.2 Å². The lowest BCUT2D eigenvalue weighted by Gasteiger charge is -2.25. The molecule has 1 unspecified atom stereocenters. The second kappa shape index (κ2) is 7.07. The van der Waals surface area contributed by atoms with Gasteiger partial charge >= 0.3 is 0 Å². The largest absolute Gasteiger partial charge is 0.450 e. The van der Waals surface area contributed by atoms with Crippen LogP contribution in [0.25, 0.3) is 11.0 Å². The number of anilines is 1. The van der Waals surface area contributed by atoms with Crippen LogP contribution in [0.1, 0.15) is 27.7 Å². The Morgan fingerprint density at radius 3 is 2.50 bits per heavy atom. The number of nitrogens with zero attached hydrogens (tertiary/aromatic N) is 1. The minimum atomic E-state index is -0.753. The second-order valence-corrected chi connectivity index (χ2v) is 8.28. The third-order valence-corrected chi connectivity index (χ3v) is 5.87. The minimum Gasteiger partial charge on any atom is -0.450 e. The molecule has 2 heterocycles. The normalized spacial score (nSPS) is 15.6. The van der Waals surface area contributed by atoms with Gasteiger partial charge in [-0.25, -0.2) is 4.39 Å². The first-order chi connectivity index (χ1) is 14.4. The number of carbonyl (C=O) groups is 1.